The quantitative estimate of drug-likeness (QED) is 0.0386. The lowest BCUT2D eigenvalue weighted by atomic mass is 9.79. The zero-order chi connectivity index (χ0) is 95.6. The van der Waals surface area contributed by atoms with E-state index in [0.717, 1.165) is 114 Å². The van der Waals surface area contributed by atoms with E-state index in [-0.39, 0.29) is 167 Å². The molecule has 4 saturated heterocycles. The summed E-state index contributed by atoms with van der Waals surface area (Å²) in [6.07, 6.45) is 15.4. The van der Waals surface area contributed by atoms with Crippen LogP contribution in [0.1, 0.15) is 214 Å². The maximum absolute atomic E-state index is 14.4. The van der Waals surface area contributed by atoms with Crippen LogP contribution in [-0.2, 0) is 63.8 Å². The molecule has 4 saturated carbocycles. The molecule has 8 bridgehead atoms. The normalized spacial score (nSPS) is 22.9. The first-order chi connectivity index (χ1) is 64.5. The molecule has 6 N–H and O–H groups in total. The molecule has 38 heteroatoms. The first-order valence-corrected chi connectivity index (χ1v) is 45.6. The summed E-state index contributed by atoms with van der Waals surface area (Å²) in [5.74, 6) is -6.54. The third-order valence-electron chi connectivity index (χ3n) is 28.3. The Kier molecular flexibility index (Phi) is 25.9. The van der Waals surface area contributed by atoms with Crippen LogP contribution in [-0.4, -0.2) is 161 Å². The van der Waals surface area contributed by atoms with Gasteiger partial charge in [0.1, 0.15) is 52.9 Å². The van der Waals surface area contributed by atoms with Crippen molar-refractivity contribution in [1.82, 2.24) is 53.8 Å². The number of carbonyl (C=O) groups is 9. The Morgan fingerprint density at radius 3 is 0.978 bits per heavy atom. The van der Waals surface area contributed by atoms with E-state index < -0.39 is 86.8 Å². The molecule has 9 aromatic rings. The van der Waals surface area contributed by atoms with Gasteiger partial charge in [0.05, 0.1) is 37.2 Å². The number of hydrogen-bond acceptors (Lipinski definition) is 17. The van der Waals surface area contributed by atoms with Crippen molar-refractivity contribution in [3.05, 3.63) is 286 Å². The van der Waals surface area contributed by atoms with E-state index in [1.807, 2.05) is 70.5 Å². The molecule has 0 unspecified atom stereocenters. The van der Waals surface area contributed by atoms with Crippen molar-refractivity contribution in [2.75, 3.05) is 26.2 Å². The number of aromatic carboxylic acids is 1. The van der Waals surface area contributed by atoms with Crippen LogP contribution in [0.3, 0.4) is 0 Å². The molecule has 0 radical (unpaired) electrons. The van der Waals surface area contributed by atoms with E-state index in [4.69, 9.17) is 49.1 Å². The number of carboxylic acid groups (broad SMARTS) is 1. The summed E-state index contributed by atoms with van der Waals surface area (Å²) in [6.45, 7) is 4.19. The van der Waals surface area contributed by atoms with Crippen LogP contribution >= 0.6 is 34.8 Å². The van der Waals surface area contributed by atoms with Crippen LogP contribution in [0.5, 0.6) is 23.0 Å². The third-order valence-corrected chi connectivity index (χ3v) is 29.2. The highest BCUT2D eigenvalue weighted by Gasteiger charge is 2.59. The lowest BCUT2D eigenvalue weighted by Crippen LogP contribution is -2.55. The maximum atomic E-state index is 14.4. The van der Waals surface area contributed by atoms with Gasteiger partial charge in [0.25, 0.3) is 41.4 Å². The van der Waals surface area contributed by atoms with Crippen molar-refractivity contribution in [2.45, 2.75) is 190 Å². The molecular formula is C97H92Cl3F6N11O18. The third kappa shape index (κ3) is 17.9. The average molecular weight is 1920 g/mol. The minimum absolute atomic E-state index is 0.0492. The summed E-state index contributed by atoms with van der Waals surface area (Å²) in [7, 11) is 0. The lowest BCUT2D eigenvalue weighted by molar-refractivity contribution is -0.156. The van der Waals surface area contributed by atoms with Crippen molar-refractivity contribution in [3.63, 3.8) is 0 Å². The second-order valence-corrected chi connectivity index (χ2v) is 38.1. The number of halogens is 9. The van der Waals surface area contributed by atoms with Gasteiger partial charge in [-0.25, -0.2) is 18.0 Å². The van der Waals surface area contributed by atoms with Gasteiger partial charge >= 0.3 is 12.1 Å². The molecule has 135 heavy (non-hydrogen) atoms. The van der Waals surface area contributed by atoms with Gasteiger partial charge in [-0.3, -0.25) is 57.5 Å². The van der Waals surface area contributed by atoms with E-state index >= 15 is 0 Å². The van der Waals surface area contributed by atoms with Crippen molar-refractivity contribution in [2.24, 2.45) is 23.7 Å². The van der Waals surface area contributed by atoms with Gasteiger partial charge in [0.2, 0.25) is 28.0 Å². The standard InChI is InChI=1S/C29H27ClFN3O4.2C22H21ClFN3O4.C22H22N2O5.C2HF3O/c30-22-10-4-9-20(23(22)31)13-32-27(36)21-15-33-17-29-11-5-8-19(12-29)14-34(29)28(37)24(33)26(25(21)35)38-16-18-6-2-1-3-7-18;2*23-15-5-1-4-13(16(15)24)8-25-20(30)14-10-26-11-22-6-2-3-12(7-22)9-27(22)21(31)17(26)19(29)18(14)28;25-18-16(21(27)28)11-23-13-22-8-4-7-15(9-22)10-24(22)20(26)17(23)19(18)29-12-14-5-2-1-3-6-14;3-2(4,5)1-6/h1-4,6-7,9-10,15,19H,5,8,11-14,16-17H2,(H,32,36);2*1,4-5,10,12,29H,2-3,6-9,11H2,(H,25,30);1-3,5-6,11,15H,4,7-10,12-13H2,(H,27,28);1H/t19-,29+;2*12-,22+;15-,22+;/m0000./s1. The number of amides is 7. The number of carbonyl (C=O) groups excluding carboxylic acids is 8. The summed E-state index contributed by atoms with van der Waals surface area (Å²) < 4.78 is 92.0. The Hall–Kier alpha value is -13.0. The first kappa shape index (κ1) is 93.8. The molecule has 4 aromatic heterocycles. The summed E-state index contributed by atoms with van der Waals surface area (Å²) >= 11 is 17.4. The molecule has 8 aliphatic heterocycles. The maximum Gasteiger partial charge on any atom is 0.446 e. The van der Waals surface area contributed by atoms with Gasteiger partial charge in [0.15, 0.2) is 45.8 Å². The molecule has 4 aliphatic carbocycles. The highest BCUT2D eigenvalue weighted by molar-refractivity contribution is 6.31. The molecule has 8 atom stereocenters. The summed E-state index contributed by atoms with van der Waals surface area (Å²) in [4.78, 5) is 172. The van der Waals surface area contributed by atoms with Crippen molar-refractivity contribution < 1.29 is 94.3 Å². The Labute approximate surface area is 781 Å². The van der Waals surface area contributed by atoms with Crippen molar-refractivity contribution in [1.29, 1.82) is 0 Å². The van der Waals surface area contributed by atoms with E-state index in [1.165, 1.54) is 70.3 Å². The zero-order valence-electron chi connectivity index (χ0n) is 72.6. The Bertz CT molecular complexity index is 6440. The number of alkyl halides is 3. The highest BCUT2D eigenvalue weighted by atomic mass is 35.5. The van der Waals surface area contributed by atoms with Gasteiger partial charge in [-0.05, 0) is 130 Å². The monoisotopic (exact) mass is 1920 g/mol. The average Bonchev–Trinajstić information content (AvgIpc) is 1.61. The second kappa shape index (κ2) is 37.3. The van der Waals surface area contributed by atoms with E-state index in [9.17, 15) is 99.2 Å². The fourth-order valence-corrected chi connectivity index (χ4v) is 22.9. The molecule has 706 valence electrons. The number of aldehydes is 1. The van der Waals surface area contributed by atoms with Gasteiger partial charge in [-0.2, -0.15) is 13.2 Å². The van der Waals surface area contributed by atoms with Crippen LogP contribution in [0.25, 0.3) is 0 Å². The molecule has 7 amide bonds. The largest absolute Gasteiger partial charge is 0.503 e. The smallest absolute Gasteiger partial charge is 0.446 e. The number of pyridine rings is 4. The Morgan fingerprint density at radius 1 is 0.407 bits per heavy atom. The van der Waals surface area contributed by atoms with Gasteiger partial charge in [-0.15, -0.1) is 0 Å². The fourth-order valence-electron chi connectivity index (χ4n) is 22.3. The van der Waals surface area contributed by atoms with E-state index in [1.54, 1.807) is 37.1 Å². The highest BCUT2D eigenvalue weighted by Crippen LogP contribution is 2.53. The van der Waals surface area contributed by atoms with E-state index in [0.29, 0.717) is 76.0 Å². The summed E-state index contributed by atoms with van der Waals surface area (Å²) in [6, 6.07) is 32.0. The number of nitrogens with zero attached hydrogens (tertiary/aromatic N) is 8. The van der Waals surface area contributed by atoms with Crippen LogP contribution < -0.4 is 47.1 Å². The number of fused-ring (bicyclic) bond motifs is 8. The number of rotatable bonds is 16. The van der Waals surface area contributed by atoms with Crippen LogP contribution in [0.2, 0.25) is 15.1 Å². The molecule has 8 fully saturated rings. The lowest BCUT2D eigenvalue weighted by Gasteiger charge is -2.44. The van der Waals surface area contributed by atoms with Gasteiger partial charge < -0.3 is 78.6 Å². The minimum Gasteiger partial charge on any atom is -0.503 e. The second-order valence-electron chi connectivity index (χ2n) is 36.9. The molecular weight excluding hydrogens is 1830 g/mol. The molecule has 12 aliphatic rings. The Balaban J connectivity index is 0.000000123. The number of aromatic hydroxyl groups is 2. The molecule has 12 heterocycles. The predicted molar refractivity (Wildman–Crippen MR) is 477 cm³/mol. The van der Waals surface area contributed by atoms with Crippen LogP contribution in [0.15, 0.2) is 159 Å². The number of nitrogens with one attached hydrogen (secondary N) is 3. The molecule has 29 nitrogen and oxygen atoms in total. The topological polar surface area (TPSA) is 370 Å². The van der Waals surface area contributed by atoms with Crippen LogP contribution in [0, 0.1) is 41.1 Å². The van der Waals surface area contributed by atoms with Crippen LogP contribution in [0.4, 0.5) is 26.3 Å². The summed E-state index contributed by atoms with van der Waals surface area (Å²) in [5, 5.41) is 38.0. The van der Waals surface area contributed by atoms with Crippen molar-refractivity contribution in [3.8, 4) is 23.0 Å². The van der Waals surface area contributed by atoms with Gasteiger partial charge in [0, 0.05) is 113 Å². The number of aromatic nitrogens is 4. The molecule has 4 spiro atoms. The number of hydrogen-bond donors (Lipinski definition) is 6. The van der Waals surface area contributed by atoms with Gasteiger partial charge in [-0.1, -0.05) is 158 Å². The first-order valence-electron chi connectivity index (χ1n) is 44.5. The Morgan fingerprint density at radius 2 is 0.681 bits per heavy atom. The molecule has 5 aromatic carbocycles. The molecule has 21 rings (SSSR count). The number of carboxylic acids is 1. The SMILES string of the molecule is O=C(NCc1cccc(Cl)c1F)c1cn2c(c(O)c1=O)C(=O)N1C[C@H]3CCC[C@@]1(C3)C2.O=C(NCc1cccc(Cl)c1F)c1cn2c(c(O)c1=O)C(=O)N1C[C@H]3CCC[C@@]1(C3)C2.O=C(NCc1cccc(Cl)c1F)c1cn2c(c(OCc3ccccc3)c1=O)C(=O)N1C[C@H]3CCC[C@@]1(C3)C2.O=C(O)c1cn2c(c(OCc3ccccc3)c1=O)C(=O)N1C[C@H]3CCC[C@@]1(C3)C2.O=CC(F)(F)F. The number of benzene rings is 5. The number of ether oxygens (including phenoxy) is 2. The van der Waals surface area contributed by atoms with Crippen molar-refractivity contribution >= 4 is 88.4 Å². The predicted octanol–water partition coefficient (Wildman–Crippen LogP) is 13.2. The zero-order valence-corrected chi connectivity index (χ0v) is 74.9. The summed E-state index contributed by atoms with van der Waals surface area (Å²) in [5.41, 5.74) is -3.12. The van der Waals surface area contributed by atoms with E-state index in [2.05, 4.69) is 16.0 Å². The minimum atomic E-state index is -4.64. The fraction of sp³-hybridized carbons (Fsp3) is 0.392.